The third-order valence-electron chi connectivity index (χ3n) is 3.99. The van der Waals surface area contributed by atoms with Crippen molar-refractivity contribution in [2.24, 2.45) is 0 Å². The van der Waals surface area contributed by atoms with E-state index in [9.17, 15) is 9.18 Å². The third kappa shape index (κ3) is 3.15. The molecule has 7 heteroatoms. The van der Waals surface area contributed by atoms with E-state index in [1.54, 1.807) is 48.3 Å². The molecule has 3 aromatic rings. The zero-order valence-electron chi connectivity index (χ0n) is 13.3. The number of carbonyl (C=O) groups is 1. The molecule has 0 saturated carbocycles. The number of tetrazole rings is 1. The van der Waals surface area contributed by atoms with Gasteiger partial charge in [0.15, 0.2) is 0 Å². The van der Waals surface area contributed by atoms with Crippen molar-refractivity contribution < 1.29 is 9.18 Å². The first-order valence-corrected chi connectivity index (χ1v) is 7.43. The number of hydrogen-bond donors (Lipinski definition) is 1. The highest BCUT2D eigenvalue weighted by atomic mass is 19.1. The molecule has 0 saturated heterocycles. The highest BCUT2D eigenvalue weighted by Gasteiger charge is 2.19. The number of nitrogens with one attached hydrogen (secondary N) is 1. The number of amides is 1. The molecule has 1 aromatic heterocycles. The number of aromatic nitrogens is 4. The minimum absolute atomic E-state index is 0.119. The Morgan fingerprint density at radius 3 is 2.38 bits per heavy atom. The first-order chi connectivity index (χ1) is 11.6. The van der Waals surface area contributed by atoms with Gasteiger partial charge in [0.1, 0.15) is 5.82 Å². The third-order valence-corrected chi connectivity index (χ3v) is 3.99. The summed E-state index contributed by atoms with van der Waals surface area (Å²) in [5.74, 6) is 0.0607. The normalized spacial score (nSPS) is 12.0. The fourth-order valence-corrected chi connectivity index (χ4v) is 2.39. The Balaban J connectivity index is 1.76. The monoisotopic (exact) mass is 325 g/mol. The van der Waals surface area contributed by atoms with Crippen LogP contribution in [0.25, 0.3) is 11.4 Å². The molecule has 0 radical (unpaired) electrons. The van der Waals surface area contributed by atoms with Gasteiger partial charge in [0.25, 0.3) is 5.91 Å². The Hall–Kier alpha value is -3.09. The molecule has 3 rings (SSSR count). The van der Waals surface area contributed by atoms with Crippen molar-refractivity contribution >= 4 is 5.91 Å². The molecule has 1 atom stereocenters. The number of hydrogen-bond acceptors (Lipinski definition) is 4. The van der Waals surface area contributed by atoms with E-state index >= 15 is 0 Å². The molecule has 1 N–H and O–H groups in total. The minimum Gasteiger partial charge on any atom is -0.335 e. The number of nitrogens with zero attached hydrogens (tertiary/aromatic N) is 4. The van der Waals surface area contributed by atoms with Crippen LogP contribution < -0.4 is 0 Å². The number of carbonyl (C=O) groups excluding carboxylic acids is 1. The van der Waals surface area contributed by atoms with Gasteiger partial charge in [0.05, 0.1) is 6.04 Å². The van der Waals surface area contributed by atoms with Gasteiger partial charge in [-0.2, -0.15) is 5.21 Å². The van der Waals surface area contributed by atoms with E-state index in [4.69, 9.17) is 0 Å². The van der Waals surface area contributed by atoms with Crippen LogP contribution in [-0.4, -0.2) is 38.5 Å². The molecule has 0 spiro atoms. The van der Waals surface area contributed by atoms with Crippen molar-refractivity contribution in [1.29, 1.82) is 0 Å². The molecule has 2 aromatic carbocycles. The average molecular weight is 325 g/mol. The van der Waals surface area contributed by atoms with Gasteiger partial charge >= 0.3 is 0 Å². The Kier molecular flexibility index (Phi) is 4.33. The quantitative estimate of drug-likeness (QED) is 0.800. The summed E-state index contributed by atoms with van der Waals surface area (Å²) in [7, 11) is 1.73. The highest BCUT2D eigenvalue weighted by Crippen LogP contribution is 2.22. The summed E-state index contributed by atoms with van der Waals surface area (Å²) in [5.41, 5.74) is 2.20. The second-order valence-electron chi connectivity index (χ2n) is 5.46. The zero-order chi connectivity index (χ0) is 17.1. The first kappa shape index (κ1) is 15.8. The Labute approximate surface area is 138 Å². The molecule has 24 heavy (non-hydrogen) atoms. The maximum absolute atomic E-state index is 13.0. The largest absolute Gasteiger partial charge is 0.335 e. The van der Waals surface area contributed by atoms with Gasteiger partial charge in [-0.15, -0.1) is 10.2 Å². The van der Waals surface area contributed by atoms with Crippen molar-refractivity contribution in [2.75, 3.05) is 7.05 Å². The molecule has 1 amide bonds. The van der Waals surface area contributed by atoms with Crippen LogP contribution in [0.1, 0.15) is 28.9 Å². The van der Waals surface area contributed by atoms with E-state index in [0.717, 1.165) is 11.1 Å². The summed E-state index contributed by atoms with van der Waals surface area (Å²) >= 11 is 0. The van der Waals surface area contributed by atoms with Crippen LogP contribution in [0.2, 0.25) is 0 Å². The van der Waals surface area contributed by atoms with E-state index in [2.05, 4.69) is 20.6 Å². The van der Waals surface area contributed by atoms with Gasteiger partial charge in [-0.25, -0.2) is 4.39 Å². The lowest BCUT2D eigenvalue weighted by atomic mass is 10.1. The second kappa shape index (κ2) is 6.57. The Morgan fingerprint density at radius 2 is 1.79 bits per heavy atom. The molecule has 0 aliphatic rings. The summed E-state index contributed by atoms with van der Waals surface area (Å²) in [6, 6.07) is 13.0. The lowest BCUT2D eigenvalue weighted by Crippen LogP contribution is -2.29. The molecule has 0 aliphatic heterocycles. The van der Waals surface area contributed by atoms with Gasteiger partial charge < -0.3 is 4.90 Å². The predicted octanol–water partition coefficient (Wildman–Crippen LogP) is 2.84. The van der Waals surface area contributed by atoms with E-state index in [1.165, 1.54) is 12.1 Å². The van der Waals surface area contributed by atoms with Crippen molar-refractivity contribution in [1.82, 2.24) is 25.5 Å². The van der Waals surface area contributed by atoms with Crippen LogP contribution in [0.3, 0.4) is 0 Å². The van der Waals surface area contributed by atoms with E-state index < -0.39 is 0 Å². The van der Waals surface area contributed by atoms with Gasteiger partial charge in [-0.3, -0.25) is 4.79 Å². The summed E-state index contributed by atoms with van der Waals surface area (Å²) in [6.45, 7) is 1.90. The van der Waals surface area contributed by atoms with Crippen LogP contribution in [-0.2, 0) is 0 Å². The molecule has 1 heterocycles. The van der Waals surface area contributed by atoms with Gasteiger partial charge in [-0.05, 0) is 42.0 Å². The highest BCUT2D eigenvalue weighted by molar-refractivity contribution is 5.94. The van der Waals surface area contributed by atoms with E-state index in [1.807, 2.05) is 6.92 Å². The fraction of sp³-hybridized carbons (Fsp3) is 0.176. The first-order valence-electron chi connectivity index (χ1n) is 7.43. The van der Waals surface area contributed by atoms with Crippen LogP contribution >= 0.6 is 0 Å². The Bertz CT molecular complexity index is 815. The molecule has 0 bridgehead atoms. The summed E-state index contributed by atoms with van der Waals surface area (Å²) < 4.78 is 13.0. The lowest BCUT2D eigenvalue weighted by Gasteiger charge is -2.25. The van der Waals surface area contributed by atoms with Crippen LogP contribution in [0.5, 0.6) is 0 Å². The number of rotatable bonds is 4. The predicted molar refractivity (Wildman–Crippen MR) is 86.5 cm³/mol. The molecule has 0 aliphatic carbocycles. The Morgan fingerprint density at radius 1 is 1.12 bits per heavy atom. The smallest absolute Gasteiger partial charge is 0.254 e. The standard InChI is InChI=1S/C17H16FN5O/c1-11(12-7-9-15(18)10-8-12)23(2)17(24)14-5-3-13(4-6-14)16-19-21-22-20-16/h3-11H,1-2H3,(H,19,20,21,22). The average Bonchev–Trinajstić information content (AvgIpc) is 3.15. The number of aromatic amines is 1. The van der Waals surface area contributed by atoms with Crippen molar-refractivity contribution in [3.05, 3.63) is 65.5 Å². The van der Waals surface area contributed by atoms with Crippen LogP contribution in [0.4, 0.5) is 4.39 Å². The maximum Gasteiger partial charge on any atom is 0.254 e. The minimum atomic E-state index is -0.294. The topological polar surface area (TPSA) is 74.8 Å². The summed E-state index contributed by atoms with van der Waals surface area (Å²) in [6.07, 6.45) is 0. The zero-order valence-corrected chi connectivity index (χ0v) is 13.3. The molecule has 1 unspecified atom stereocenters. The molecular weight excluding hydrogens is 309 g/mol. The lowest BCUT2D eigenvalue weighted by molar-refractivity contribution is 0.0742. The van der Waals surface area contributed by atoms with Crippen LogP contribution in [0.15, 0.2) is 48.5 Å². The molecule has 6 nitrogen and oxygen atoms in total. The maximum atomic E-state index is 13.0. The number of H-pyrrole nitrogens is 1. The summed E-state index contributed by atoms with van der Waals surface area (Å²) in [5, 5.41) is 13.7. The number of halogens is 1. The van der Waals surface area contributed by atoms with E-state index in [0.29, 0.717) is 11.4 Å². The van der Waals surface area contributed by atoms with Crippen molar-refractivity contribution in [3.8, 4) is 11.4 Å². The van der Waals surface area contributed by atoms with Gasteiger partial charge in [0, 0.05) is 18.2 Å². The molecule has 0 fully saturated rings. The van der Waals surface area contributed by atoms with Crippen molar-refractivity contribution in [3.63, 3.8) is 0 Å². The van der Waals surface area contributed by atoms with Gasteiger partial charge in [0.2, 0.25) is 5.82 Å². The van der Waals surface area contributed by atoms with E-state index in [-0.39, 0.29) is 17.8 Å². The number of benzene rings is 2. The summed E-state index contributed by atoms with van der Waals surface area (Å²) in [4.78, 5) is 14.2. The fourth-order valence-electron chi connectivity index (χ4n) is 2.39. The van der Waals surface area contributed by atoms with Crippen molar-refractivity contribution in [2.45, 2.75) is 13.0 Å². The van der Waals surface area contributed by atoms with Crippen LogP contribution in [0, 0.1) is 5.82 Å². The van der Waals surface area contributed by atoms with Gasteiger partial charge in [-0.1, -0.05) is 24.3 Å². The SMILES string of the molecule is CC(c1ccc(F)cc1)N(C)C(=O)c1ccc(-c2nn[nH]n2)cc1. The molecule has 122 valence electrons. The molecular formula is C17H16FN5O. The second-order valence-corrected chi connectivity index (χ2v) is 5.46.